The van der Waals surface area contributed by atoms with Gasteiger partial charge in [-0.1, -0.05) is 0 Å². The molecule has 0 spiro atoms. The zero-order valence-corrected chi connectivity index (χ0v) is 10.9. The first-order valence-corrected chi connectivity index (χ1v) is 5.81. The van der Waals surface area contributed by atoms with Crippen molar-refractivity contribution in [3.63, 3.8) is 0 Å². The molecule has 3 aromatic heterocycles. The molecule has 3 rings (SSSR count). The smallest absolute Gasteiger partial charge is 0.258 e. The van der Waals surface area contributed by atoms with Crippen molar-refractivity contribution < 1.29 is 4.79 Å². The number of anilines is 1. The Morgan fingerprint density at radius 3 is 2.52 bits per heavy atom. The maximum absolute atomic E-state index is 11.1. The summed E-state index contributed by atoms with van der Waals surface area (Å²) in [6.45, 7) is 0. The lowest BCUT2D eigenvalue weighted by Crippen LogP contribution is -2.12. The van der Waals surface area contributed by atoms with Crippen LogP contribution in [0, 0.1) is 0 Å². The molecule has 0 unspecified atom stereocenters. The van der Waals surface area contributed by atoms with Gasteiger partial charge in [-0.2, -0.15) is 29.8 Å². The Bertz CT molecular complexity index is 777. The quantitative estimate of drug-likeness (QED) is 0.607. The fraction of sp³-hybridized carbons (Fsp3) is 0.100. The van der Waals surface area contributed by atoms with E-state index >= 15 is 0 Å². The second-order valence-electron chi connectivity index (χ2n) is 3.89. The summed E-state index contributed by atoms with van der Waals surface area (Å²) in [5.74, 6) is 0.215. The summed E-state index contributed by atoms with van der Waals surface area (Å²) < 4.78 is 2.70. The normalized spacial score (nSPS) is 10.5. The molecule has 3 N–H and O–H groups in total. The van der Waals surface area contributed by atoms with Crippen molar-refractivity contribution in [1.82, 2.24) is 39.5 Å². The van der Waals surface area contributed by atoms with Gasteiger partial charge in [0.1, 0.15) is 12.7 Å². The van der Waals surface area contributed by atoms with Crippen molar-refractivity contribution in [3.05, 3.63) is 30.6 Å². The summed E-state index contributed by atoms with van der Waals surface area (Å²) in [5, 5.41) is 10.8. The molecule has 0 saturated carbocycles. The highest BCUT2D eigenvalue weighted by Crippen LogP contribution is 2.08. The second-order valence-corrected chi connectivity index (χ2v) is 3.89. The molecule has 0 saturated heterocycles. The first-order valence-electron chi connectivity index (χ1n) is 5.81. The molecule has 21 heavy (non-hydrogen) atoms. The van der Waals surface area contributed by atoms with E-state index in [1.54, 1.807) is 7.05 Å². The fourth-order valence-corrected chi connectivity index (χ4v) is 1.54. The van der Waals surface area contributed by atoms with E-state index in [2.05, 4.69) is 35.5 Å². The first-order chi connectivity index (χ1) is 10.2. The van der Waals surface area contributed by atoms with Gasteiger partial charge in [-0.3, -0.25) is 4.79 Å². The van der Waals surface area contributed by atoms with Crippen LogP contribution in [0.1, 0.15) is 10.4 Å². The number of nitrogens with zero attached hydrogens (tertiary/aromatic N) is 8. The lowest BCUT2D eigenvalue weighted by atomic mass is 10.4. The van der Waals surface area contributed by atoms with Crippen LogP contribution in [-0.4, -0.2) is 52.5 Å². The van der Waals surface area contributed by atoms with Crippen LogP contribution in [-0.2, 0) is 0 Å². The lowest BCUT2D eigenvalue weighted by molar-refractivity contribution is 0.100. The zero-order chi connectivity index (χ0) is 14.8. The van der Waals surface area contributed by atoms with Gasteiger partial charge in [0.15, 0.2) is 0 Å². The average Bonchev–Trinajstić information content (AvgIpc) is 3.18. The number of nitrogens with one attached hydrogen (secondary N) is 1. The van der Waals surface area contributed by atoms with Crippen molar-refractivity contribution in [2.45, 2.75) is 0 Å². The molecule has 106 valence electrons. The molecular formula is C10H10N10O. The molecule has 0 aliphatic carbocycles. The average molecular weight is 286 g/mol. The minimum absolute atomic E-state index is 0.215. The zero-order valence-electron chi connectivity index (χ0n) is 10.9. The third kappa shape index (κ3) is 2.39. The minimum atomic E-state index is -0.583. The van der Waals surface area contributed by atoms with E-state index in [1.807, 2.05) is 0 Å². The highest BCUT2D eigenvalue weighted by Gasteiger charge is 2.12. The van der Waals surface area contributed by atoms with Gasteiger partial charge < -0.3 is 11.1 Å². The van der Waals surface area contributed by atoms with Gasteiger partial charge in [0.2, 0.25) is 5.95 Å². The fourth-order valence-electron chi connectivity index (χ4n) is 1.54. The number of hydrogen-bond acceptors (Lipinski definition) is 8. The Morgan fingerprint density at radius 1 is 1.19 bits per heavy atom. The molecule has 11 heteroatoms. The van der Waals surface area contributed by atoms with Gasteiger partial charge in [0, 0.05) is 13.2 Å². The van der Waals surface area contributed by atoms with Gasteiger partial charge in [-0.15, -0.1) is 0 Å². The van der Waals surface area contributed by atoms with Crippen molar-refractivity contribution in [2.24, 2.45) is 5.73 Å². The minimum Gasteiger partial charge on any atom is -0.366 e. The number of nitrogens with two attached hydrogens (primary N) is 1. The Balaban J connectivity index is 2.09. The van der Waals surface area contributed by atoms with Crippen LogP contribution in [0.5, 0.6) is 0 Å². The number of aromatic nitrogens is 8. The molecular weight excluding hydrogens is 276 g/mol. The Labute approximate surface area is 117 Å². The topological polar surface area (TPSA) is 142 Å². The molecule has 1 amide bonds. The highest BCUT2D eigenvalue weighted by atomic mass is 16.1. The Morgan fingerprint density at radius 2 is 1.95 bits per heavy atom. The summed E-state index contributed by atoms with van der Waals surface area (Å²) in [6, 6.07) is 0. The van der Waals surface area contributed by atoms with E-state index in [4.69, 9.17) is 5.73 Å². The van der Waals surface area contributed by atoms with Crippen LogP contribution < -0.4 is 11.1 Å². The molecule has 0 aliphatic heterocycles. The summed E-state index contributed by atoms with van der Waals surface area (Å²) in [6.07, 6.45) is 5.58. The Kier molecular flexibility index (Phi) is 2.99. The van der Waals surface area contributed by atoms with E-state index < -0.39 is 5.91 Å². The van der Waals surface area contributed by atoms with Crippen molar-refractivity contribution in [2.75, 3.05) is 12.4 Å². The van der Waals surface area contributed by atoms with Gasteiger partial charge in [0.05, 0.1) is 11.8 Å². The maximum atomic E-state index is 11.1. The molecule has 0 aromatic carbocycles. The van der Waals surface area contributed by atoms with E-state index in [1.165, 1.54) is 34.4 Å². The van der Waals surface area contributed by atoms with E-state index in [9.17, 15) is 4.79 Å². The van der Waals surface area contributed by atoms with Crippen molar-refractivity contribution in [1.29, 1.82) is 0 Å². The van der Waals surface area contributed by atoms with Crippen LogP contribution in [0.2, 0.25) is 0 Å². The number of amides is 1. The predicted octanol–water partition coefficient (Wildman–Crippen LogP) is -1.22. The number of hydrogen-bond donors (Lipinski definition) is 2. The molecule has 0 aliphatic rings. The monoisotopic (exact) mass is 286 g/mol. The molecule has 0 bridgehead atoms. The summed E-state index contributed by atoms with van der Waals surface area (Å²) in [4.78, 5) is 27.5. The summed E-state index contributed by atoms with van der Waals surface area (Å²) in [5.41, 5.74) is 5.44. The van der Waals surface area contributed by atoms with Gasteiger partial charge in [-0.25, -0.2) is 9.67 Å². The number of primary amides is 1. The van der Waals surface area contributed by atoms with Crippen LogP contribution >= 0.6 is 0 Å². The lowest BCUT2D eigenvalue weighted by Gasteiger charge is -2.05. The number of rotatable bonds is 4. The molecule has 0 radical (unpaired) electrons. The standard InChI is InChI=1S/C10H10N10O/c1-12-8-16-9(19-3-6(2-14-19)7(11)21)18-10(17-8)20-5-13-4-15-20/h2-5H,1H3,(H2,11,21)(H,12,16,17,18). The SMILES string of the molecule is CNc1nc(-n2cncn2)nc(-n2cc(C(N)=O)cn2)n1. The van der Waals surface area contributed by atoms with Gasteiger partial charge in [0.25, 0.3) is 17.8 Å². The highest BCUT2D eigenvalue weighted by molar-refractivity contribution is 5.92. The molecule has 0 fully saturated rings. The van der Waals surface area contributed by atoms with Crippen LogP contribution in [0.3, 0.4) is 0 Å². The molecule has 11 nitrogen and oxygen atoms in total. The molecule has 3 heterocycles. The van der Waals surface area contributed by atoms with E-state index in [-0.39, 0.29) is 17.5 Å². The van der Waals surface area contributed by atoms with Crippen molar-refractivity contribution >= 4 is 11.9 Å². The van der Waals surface area contributed by atoms with Crippen LogP contribution in [0.25, 0.3) is 11.9 Å². The molecule has 3 aromatic rings. The van der Waals surface area contributed by atoms with E-state index in [0.717, 1.165) is 0 Å². The van der Waals surface area contributed by atoms with Crippen molar-refractivity contribution in [3.8, 4) is 11.9 Å². The third-order valence-electron chi connectivity index (χ3n) is 2.53. The van der Waals surface area contributed by atoms with Gasteiger partial charge >= 0.3 is 0 Å². The molecule has 0 atom stereocenters. The maximum Gasteiger partial charge on any atom is 0.258 e. The summed E-state index contributed by atoms with van der Waals surface area (Å²) in [7, 11) is 1.67. The predicted molar refractivity (Wildman–Crippen MR) is 69.9 cm³/mol. The Hall–Kier alpha value is -3.37. The van der Waals surface area contributed by atoms with Gasteiger partial charge in [-0.05, 0) is 0 Å². The van der Waals surface area contributed by atoms with Crippen LogP contribution in [0.4, 0.5) is 5.95 Å². The first kappa shape index (κ1) is 12.7. The second kappa shape index (κ2) is 4.96. The number of carbonyl (C=O) groups excluding carboxylic acids is 1. The third-order valence-corrected chi connectivity index (χ3v) is 2.53. The number of carbonyl (C=O) groups is 1. The van der Waals surface area contributed by atoms with E-state index in [0.29, 0.717) is 5.95 Å². The summed E-state index contributed by atoms with van der Waals surface area (Å²) >= 11 is 0. The van der Waals surface area contributed by atoms with Crippen LogP contribution in [0.15, 0.2) is 25.0 Å². The largest absolute Gasteiger partial charge is 0.366 e.